The lowest BCUT2D eigenvalue weighted by Gasteiger charge is -2.26. The second kappa shape index (κ2) is 11.7. The highest BCUT2D eigenvalue weighted by atomic mass is 32.2. The van der Waals surface area contributed by atoms with Gasteiger partial charge in [-0.25, -0.2) is 8.78 Å². The van der Waals surface area contributed by atoms with Gasteiger partial charge in [0, 0.05) is 28.5 Å². The highest BCUT2D eigenvalue weighted by Gasteiger charge is 2.32. The van der Waals surface area contributed by atoms with Crippen molar-refractivity contribution in [2.24, 2.45) is 0 Å². The van der Waals surface area contributed by atoms with Gasteiger partial charge in [0.05, 0.1) is 6.04 Å². The fourth-order valence-electron chi connectivity index (χ4n) is 4.44. The number of carbonyl (C=O) groups excluding carboxylic acids is 1. The predicted molar refractivity (Wildman–Crippen MR) is 143 cm³/mol. The summed E-state index contributed by atoms with van der Waals surface area (Å²) in [5, 5.41) is 1.79. The summed E-state index contributed by atoms with van der Waals surface area (Å²) >= 11 is 1.29. The molecule has 0 saturated carbocycles. The van der Waals surface area contributed by atoms with E-state index in [1.54, 1.807) is 59.9 Å². The van der Waals surface area contributed by atoms with Crippen molar-refractivity contribution in [3.8, 4) is 5.75 Å². The Hall–Kier alpha value is -4.32. The Morgan fingerprint density at radius 2 is 1.71 bits per heavy atom. The third kappa shape index (κ3) is 6.22. The Morgan fingerprint density at radius 1 is 0.976 bits per heavy atom. The summed E-state index contributed by atoms with van der Waals surface area (Å²) in [6, 6.07) is 18.4. The van der Waals surface area contributed by atoms with E-state index in [9.17, 15) is 31.5 Å². The lowest BCUT2D eigenvalue weighted by molar-refractivity contribution is -0.123. The highest BCUT2D eigenvalue weighted by Crippen LogP contribution is 2.41. The standard InChI is InChI=1S/C29H22F5N3O3S/c30-21-11-10-18-20(24(21)31)15-41-23-9-5-4-8-19(23)25(18)36-37-13-12-22(38)27(40-14-17-6-2-1-3-7-17)26(37)28(39)35-16-29(32,33)34/h1-13,25,36H,14-16H2,(H,35,39). The van der Waals surface area contributed by atoms with Gasteiger partial charge in [-0.15, -0.1) is 11.8 Å². The molecule has 0 bridgehead atoms. The van der Waals surface area contributed by atoms with E-state index in [0.29, 0.717) is 16.7 Å². The van der Waals surface area contributed by atoms with Crippen LogP contribution in [0.25, 0.3) is 0 Å². The average molecular weight is 588 g/mol. The molecule has 1 aromatic heterocycles. The van der Waals surface area contributed by atoms with Crippen LogP contribution < -0.4 is 20.9 Å². The Labute approximate surface area is 235 Å². The smallest absolute Gasteiger partial charge is 0.405 e. The molecular weight excluding hydrogens is 565 g/mol. The summed E-state index contributed by atoms with van der Waals surface area (Å²) in [5.74, 6) is -3.64. The SMILES string of the molecule is O=C(NCC(F)(F)F)c1c(OCc2ccccc2)c(=O)ccn1NC1c2ccccc2SCc2c1ccc(F)c2F. The molecule has 0 saturated heterocycles. The summed E-state index contributed by atoms with van der Waals surface area (Å²) in [7, 11) is 0. The van der Waals surface area contributed by atoms with Crippen molar-refractivity contribution >= 4 is 17.7 Å². The molecule has 6 nitrogen and oxygen atoms in total. The minimum Gasteiger partial charge on any atom is -0.482 e. The van der Waals surface area contributed by atoms with Gasteiger partial charge in [0.1, 0.15) is 13.2 Å². The number of halogens is 5. The zero-order valence-corrected chi connectivity index (χ0v) is 22.0. The van der Waals surface area contributed by atoms with Gasteiger partial charge < -0.3 is 15.5 Å². The zero-order valence-electron chi connectivity index (χ0n) is 21.2. The number of amides is 1. The summed E-state index contributed by atoms with van der Waals surface area (Å²) in [4.78, 5) is 26.8. The van der Waals surface area contributed by atoms with Crippen LogP contribution in [0, 0.1) is 11.6 Å². The maximum Gasteiger partial charge on any atom is 0.405 e. The molecule has 1 aliphatic heterocycles. The van der Waals surface area contributed by atoms with Crippen molar-refractivity contribution in [2.75, 3.05) is 12.0 Å². The first-order valence-electron chi connectivity index (χ1n) is 12.3. The Kier molecular flexibility index (Phi) is 8.02. The molecule has 0 radical (unpaired) electrons. The fraction of sp³-hybridized carbons (Fsp3) is 0.172. The third-order valence-electron chi connectivity index (χ3n) is 6.36. The van der Waals surface area contributed by atoms with Gasteiger partial charge in [-0.05, 0) is 28.8 Å². The number of benzene rings is 3. The summed E-state index contributed by atoms with van der Waals surface area (Å²) < 4.78 is 74.9. The number of nitrogens with zero attached hydrogens (tertiary/aromatic N) is 1. The van der Waals surface area contributed by atoms with E-state index in [0.717, 1.165) is 21.7 Å². The molecule has 0 fully saturated rings. The number of ether oxygens (including phenoxy) is 1. The zero-order chi connectivity index (χ0) is 29.1. The molecule has 1 amide bonds. The molecule has 4 aromatic rings. The van der Waals surface area contributed by atoms with Gasteiger partial charge >= 0.3 is 6.18 Å². The van der Waals surface area contributed by atoms with Crippen LogP contribution in [0.1, 0.15) is 38.8 Å². The largest absolute Gasteiger partial charge is 0.482 e. The lowest BCUT2D eigenvalue weighted by Crippen LogP contribution is -2.38. The number of rotatable bonds is 7. The highest BCUT2D eigenvalue weighted by molar-refractivity contribution is 7.98. The van der Waals surface area contributed by atoms with Gasteiger partial charge in [-0.3, -0.25) is 14.3 Å². The van der Waals surface area contributed by atoms with Crippen molar-refractivity contribution in [1.29, 1.82) is 0 Å². The topological polar surface area (TPSA) is 72.4 Å². The van der Waals surface area contributed by atoms with E-state index >= 15 is 0 Å². The maximum absolute atomic E-state index is 14.9. The molecule has 41 heavy (non-hydrogen) atoms. The van der Waals surface area contributed by atoms with Crippen LogP contribution in [0.5, 0.6) is 5.75 Å². The van der Waals surface area contributed by atoms with Crippen molar-refractivity contribution < 1.29 is 31.5 Å². The van der Waals surface area contributed by atoms with Crippen LogP contribution in [0.3, 0.4) is 0 Å². The number of fused-ring (bicyclic) bond motifs is 2. The average Bonchev–Trinajstić information content (AvgIpc) is 3.11. The Bertz CT molecular complexity index is 1640. The van der Waals surface area contributed by atoms with Gasteiger partial charge in [-0.1, -0.05) is 54.6 Å². The molecule has 0 spiro atoms. The first-order valence-corrected chi connectivity index (χ1v) is 13.3. The fourth-order valence-corrected chi connectivity index (χ4v) is 5.56. The third-order valence-corrected chi connectivity index (χ3v) is 7.47. The molecule has 212 valence electrons. The molecule has 1 aliphatic rings. The second-order valence-corrected chi connectivity index (χ2v) is 10.1. The minimum absolute atomic E-state index is 0.0911. The van der Waals surface area contributed by atoms with Gasteiger partial charge in [-0.2, -0.15) is 13.2 Å². The second-order valence-electron chi connectivity index (χ2n) is 9.12. The van der Waals surface area contributed by atoms with Crippen LogP contribution in [0.4, 0.5) is 22.0 Å². The van der Waals surface area contributed by atoms with E-state index in [2.05, 4.69) is 5.43 Å². The summed E-state index contributed by atoms with van der Waals surface area (Å²) in [6.45, 7) is -1.79. The number of hydrogen-bond acceptors (Lipinski definition) is 5. The quantitative estimate of drug-likeness (QED) is 0.262. The van der Waals surface area contributed by atoms with Gasteiger partial charge in [0.2, 0.25) is 5.43 Å². The van der Waals surface area contributed by atoms with Crippen molar-refractivity contribution in [3.05, 3.63) is 129 Å². The van der Waals surface area contributed by atoms with E-state index in [4.69, 9.17) is 4.74 Å². The molecule has 1 unspecified atom stereocenters. The number of pyridine rings is 1. The van der Waals surface area contributed by atoms with E-state index in [-0.39, 0.29) is 17.9 Å². The lowest BCUT2D eigenvalue weighted by atomic mass is 9.95. The summed E-state index contributed by atoms with van der Waals surface area (Å²) in [5.41, 5.74) is 3.54. The van der Waals surface area contributed by atoms with Crippen molar-refractivity contribution in [2.45, 2.75) is 29.5 Å². The molecule has 0 aliphatic carbocycles. The first kappa shape index (κ1) is 28.2. The molecule has 1 atom stereocenters. The maximum atomic E-state index is 14.9. The first-order chi connectivity index (χ1) is 19.6. The number of hydrogen-bond donors (Lipinski definition) is 2. The monoisotopic (exact) mass is 587 g/mol. The molecule has 2 N–H and O–H groups in total. The Balaban J connectivity index is 1.62. The minimum atomic E-state index is -4.72. The van der Waals surface area contributed by atoms with Crippen LogP contribution in [0.15, 0.2) is 88.7 Å². The normalized spacial score (nSPS) is 14.4. The van der Waals surface area contributed by atoms with Crippen molar-refractivity contribution in [1.82, 2.24) is 9.99 Å². The number of nitrogens with one attached hydrogen (secondary N) is 2. The number of carbonyl (C=O) groups is 1. The van der Waals surface area contributed by atoms with Crippen LogP contribution in [-0.2, 0) is 12.4 Å². The van der Waals surface area contributed by atoms with E-state index < -0.39 is 53.2 Å². The predicted octanol–water partition coefficient (Wildman–Crippen LogP) is 5.94. The molecule has 2 heterocycles. The van der Waals surface area contributed by atoms with Crippen molar-refractivity contribution in [3.63, 3.8) is 0 Å². The molecule has 5 rings (SSSR count). The molecule has 12 heteroatoms. The van der Waals surface area contributed by atoms with E-state index in [1.165, 1.54) is 24.0 Å². The number of aromatic nitrogens is 1. The molecular formula is C29H22F5N3O3S. The van der Waals surface area contributed by atoms with E-state index in [1.807, 2.05) is 0 Å². The molecule has 3 aromatic carbocycles. The van der Waals surface area contributed by atoms with Crippen LogP contribution in [-0.4, -0.2) is 23.3 Å². The van der Waals surface area contributed by atoms with Crippen LogP contribution >= 0.6 is 11.8 Å². The Morgan fingerprint density at radius 3 is 2.46 bits per heavy atom. The van der Waals surface area contributed by atoms with Gasteiger partial charge in [0.25, 0.3) is 5.91 Å². The number of thioether (sulfide) groups is 1. The summed E-state index contributed by atoms with van der Waals surface area (Å²) in [6.07, 6.45) is -3.54. The number of alkyl halides is 3. The van der Waals surface area contributed by atoms with Crippen LogP contribution in [0.2, 0.25) is 0 Å². The van der Waals surface area contributed by atoms with Gasteiger partial charge in [0.15, 0.2) is 23.1 Å².